The largest absolute Gasteiger partial charge is 0.322 e. The van der Waals surface area contributed by atoms with E-state index in [-0.39, 0.29) is 5.91 Å². The quantitative estimate of drug-likeness (QED) is 0.281. The first-order valence-corrected chi connectivity index (χ1v) is 11.0. The first-order valence-electron chi connectivity index (χ1n) is 11.0. The van der Waals surface area contributed by atoms with E-state index in [1.807, 2.05) is 116 Å². The second-order valence-electron chi connectivity index (χ2n) is 7.88. The number of nitrogens with one attached hydrogen (secondary N) is 1. The van der Waals surface area contributed by atoms with E-state index in [0.29, 0.717) is 16.9 Å². The third-order valence-electron chi connectivity index (χ3n) is 5.57. The van der Waals surface area contributed by atoms with Crippen LogP contribution in [0.5, 0.6) is 0 Å². The Labute approximate surface area is 197 Å². The average molecular weight is 443 g/mol. The molecule has 1 aromatic heterocycles. The summed E-state index contributed by atoms with van der Waals surface area (Å²) in [6.07, 6.45) is 0. The van der Waals surface area contributed by atoms with Gasteiger partial charge in [0.1, 0.15) is 0 Å². The Morgan fingerprint density at radius 3 is 2.00 bits per heavy atom. The zero-order valence-electron chi connectivity index (χ0n) is 18.6. The maximum Gasteiger partial charge on any atom is 0.256 e. The molecule has 34 heavy (non-hydrogen) atoms. The van der Waals surface area contributed by atoms with Gasteiger partial charge in [-0.25, -0.2) is 4.98 Å². The lowest BCUT2D eigenvalue weighted by atomic mass is 9.97. The molecule has 4 aromatic carbocycles. The summed E-state index contributed by atoms with van der Waals surface area (Å²) in [4.78, 5) is 18.3. The lowest BCUT2D eigenvalue weighted by molar-refractivity contribution is 0.102. The fraction of sp³-hybridized carbons (Fsp3) is 0.0345. The number of para-hydroxylation sites is 1. The zero-order chi connectivity index (χ0) is 23.3. The van der Waals surface area contributed by atoms with Gasteiger partial charge in [-0.15, -0.1) is 0 Å². The van der Waals surface area contributed by atoms with Crippen LogP contribution in [-0.2, 0) is 0 Å². The van der Waals surface area contributed by atoms with Gasteiger partial charge in [-0.2, -0.15) is 10.2 Å². The fourth-order valence-corrected chi connectivity index (χ4v) is 3.89. The van der Waals surface area contributed by atoms with Crippen molar-refractivity contribution in [2.24, 2.45) is 10.2 Å². The van der Waals surface area contributed by atoms with Gasteiger partial charge in [0, 0.05) is 16.6 Å². The number of amides is 1. The van der Waals surface area contributed by atoms with E-state index in [2.05, 4.69) is 15.5 Å². The van der Waals surface area contributed by atoms with Gasteiger partial charge in [-0.1, -0.05) is 66.7 Å². The second kappa shape index (κ2) is 9.46. The van der Waals surface area contributed by atoms with Crippen LogP contribution in [0.4, 0.5) is 17.1 Å². The number of hydrogen-bond acceptors (Lipinski definition) is 4. The number of nitrogens with zero attached hydrogens (tertiary/aromatic N) is 3. The molecule has 0 aliphatic heterocycles. The summed E-state index contributed by atoms with van der Waals surface area (Å²) in [7, 11) is 0. The van der Waals surface area contributed by atoms with Crippen molar-refractivity contribution in [3.8, 4) is 11.3 Å². The van der Waals surface area contributed by atoms with E-state index < -0.39 is 0 Å². The van der Waals surface area contributed by atoms with Gasteiger partial charge in [0.2, 0.25) is 0 Å². The van der Waals surface area contributed by atoms with Crippen molar-refractivity contribution in [2.45, 2.75) is 6.92 Å². The summed E-state index contributed by atoms with van der Waals surface area (Å²) in [5.74, 6) is -0.174. The Morgan fingerprint density at radius 2 is 1.29 bits per heavy atom. The van der Waals surface area contributed by atoms with Crippen molar-refractivity contribution in [1.82, 2.24) is 4.98 Å². The number of rotatable bonds is 5. The van der Waals surface area contributed by atoms with Crippen molar-refractivity contribution in [1.29, 1.82) is 0 Å². The number of anilines is 1. The first-order chi connectivity index (χ1) is 16.7. The van der Waals surface area contributed by atoms with Gasteiger partial charge in [-0.3, -0.25) is 4.79 Å². The van der Waals surface area contributed by atoms with Crippen molar-refractivity contribution in [3.05, 3.63) is 120 Å². The lowest BCUT2D eigenvalue weighted by Gasteiger charge is -2.15. The van der Waals surface area contributed by atoms with Crippen molar-refractivity contribution >= 4 is 33.9 Å². The number of benzene rings is 4. The highest BCUT2D eigenvalue weighted by Gasteiger charge is 2.19. The normalized spacial score (nSPS) is 11.1. The SMILES string of the molecule is Cc1c(-c2ccccc2)nc2ccccc2c1C(=O)Nc1ccc(N=Nc2ccccc2)cc1. The number of carbonyl (C=O) groups is 1. The number of pyridine rings is 1. The lowest BCUT2D eigenvalue weighted by Crippen LogP contribution is -2.15. The molecule has 0 saturated carbocycles. The number of fused-ring (bicyclic) bond motifs is 1. The molecule has 0 radical (unpaired) electrons. The maximum atomic E-state index is 13.4. The summed E-state index contributed by atoms with van der Waals surface area (Å²) < 4.78 is 0. The summed E-state index contributed by atoms with van der Waals surface area (Å²) in [6.45, 7) is 1.95. The molecule has 0 fully saturated rings. The van der Waals surface area contributed by atoms with Crippen LogP contribution in [0.25, 0.3) is 22.2 Å². The molecule has 1 N–H and O–H groups in total. The van der Waals surface area contributed by atoms with Crippen molar-refractivity contribution < 1.29 is 4.79 Å². The maximum absolute atomic E-state index is 13.4. The molecule has 0 aliphatic rings. The highest BCUT2D eigenvalue weighted by Crippen LogP contribution is 2.30. The van der Waals surface area contributed by atoms with Crippen LogP contribution < -0.4 is 5.32 Å². The number of carbonyl (C=O) groups excluding carboxylic acids is 1. The van der Waals surface area contributed by atoms with Gasteiger partial charge in [0.05, 0.1) is 28.1 Å². The van der Waals surface area contributed by atoms with Gasteiger partial charge in [-0.05, 0) is 55.0 Å². The molecule has 0 spiro atoms. The summed E-state index contributed by atoms with van der Waals surface area (Å²) in [5, 5.41) is 12.3. The summed E-state index contributed by atoms with van der Waals surface area (Å²) >= 11 is 0. The smallest absolute Gasteiger partial charge is 0.256 e. The van der Waals surface area contributed by atoms with Gasteiger partial charge in [0.25, 0.3) is 5.91 Å². The molecule has 0 aliphatic carbocycles. The van der Waals surface area contributed by atoms with E-state index in [9.17, 15) is 4.79 Å². The monoisotopic (exact) mass is 442 g/mol. The molecule has 0 unspecified atom stereocenters. The number of azo groups is 1. The third kappa shape index (κ3) is 4.45. The van der Waals surface area contributed by atoms with E-state index in [1.54, 1.807) is 0 Å². The van der Waals surface area contributed by atoms with Crippen LogP contribution in [0.3, 0.4) is 0 Å². The molecule has 0 bridgehead atoms. The summed E-state index contributed by atoms with van der Waals surface area (Å²) in [5.41, 5.74) is 6.22. The minimum Gasteiger partial charge on any atom is -0.322 e. The Morgan fingerprint density at radius 1 is 0.706 bits per heavy atom. The molecule has 1 amide bonds. The van der Waals surface area contributed by atoms with E-state index in [0.717, 1.165) is 33.4 Å². The highest BCUT2D eigenvalue weighted by atomic mass is 16.1. The van der Waals surface area contributed by atoms with Crippen LogP contribution in [0.15, 0.2) is 119 Å². The number of hydrogen-bond donors (Lipinski definition) is 1. The fourth-order valence-electron chi connectivity index (χ4n) is 3.89. The molecular formula is C29H22N4O. The molecule has 0 atom stereocenters. The first kappa shape index (κ1) is 21.2. The molecular weight excluding hydrogens is 420 g/mol. The molecule has 1 heterocycles. The molecule has 5 rings (SSSR count). The molecule has 0 saturated heterocycles. The Kier molecular flexibility index (Phi) is 5.91. The third-order valence-corrected chi connectivity index (χ3v) is 5.57. The van der Waals surface area contributed by atoms with Gasteiger partial charge >= 0.3 is 0 Å². The zero-order valence-corrected chi connectivity index (χ0v) is 18.6. The Balaban J connectivity index is 1.44. The average Bonchev–Trinajstić information content (AvgIpc) is 2.89. The van der Waals surface area contributed by atoms with Crippen LogP contribution in [-0.4, -0.2) is 10.9 Å². The van der Waals surface area contributed by atoms with E-state index in [4.69, 9.17) is 4.98 Å². The Hall–Kier alpha value is -4.64. The van der Waals surface area contributed by atoms with E-state index >= 15 is 0 Å². The summed E-state index contributed by atoms with van der Waals surface area (Å²) in [6, 6.07) is 34.5. The van der Waals surface area contributed by atoms with E-state index in [1.165, 1.54) is 0 Å². The Bertz CT molecular complexity index is 1480. The van der Waals surface area contributed by atoms with Gasteiger partial charge in [0.15, 0.2) is 0 Å². The molecule has 5 aromatic rings. The predicted molar refractivity (Wildman–Crippen MR) is 137 cm³/mol. The molecule has 164 valence electrons. The predicted octanol–water partition coefficient (Wildman–Crippen LogP) is 7.88. The van der Waals surface area contributed by atoms with Crippen LogP contribution in [0.1, 0.15) is 15.9 Å². The minimum absolute atomic E-state index is 0.174. The van der Waals surface area contributed by atoms with Crippen molar-refractivity contribution in [2.75, 3.05) is 5.32 Å². The second-order valence-corrected chi connectivity index (χ2v) is 7.88. The standard InChI is InChI=1S/C29H22N4O/c1-20-27(25-14-8-9-15-26(25)31-28(20)21-10-4-2-5-11-21)29(34)30-22-16-18-24(19-17-22)33-32-23-12-6-3-7-13-23/h2-19H,1H3,(H,30,34). The highest BCUT2D eigenvalue weighted by molar-refractivity contribution is 6.14. The van der Waals surface area contributed by atoms with Crippen LogP contribution in [0, 0.1) is 6.92 Å². The van der Waals surface area contributed by atoms with Gasteiger partial charge < -0.3 is 5.32 Å². The van der Waals surface area contributed by atoms with Crippen LogP contribution >= 0.6 is 0 Å². The van der Waals surface area contributed by atoms with Crippen LogP contribution in [0.2, 0.25) is 0 Å². The van der Waals surface area contributed by atoms with Crippen molar-refractivity contribution in [3.63, 3.8) is 0 Å². The molecule has 5 heteroatoms. The minimum atomic E-state index is -0.174. The molecule has 5 nitrogen and oxygen atoms in total. The topological polar surface area (TPSA) is 66.7 Å². The number of aromatic nitrogens is 1.